The number of benzene rings is 1. The fourth-order valence-corrected chi connectivity index (χ4v) is 2.81. The van der Waals surface area contributed by atoms with Gasteiger partial charge in [0, 0.05) is 16.4 Å². The number of alkyl halides is 3. The highest BCUT2D eigenvalue weighted by atomic mass is 32.1. The van der Waals surface area contributed by atoms with Crippen molar-refractivity contribution in [2.45, 2.75) is 25.6 Å². The first-order chi connectivity index (χ1) is 9.24. The van der Waals surface area contributed by atoms with Crippen LogP contribution in [0.5, 0.6) is 0 Å². The summed E-state index contributed by atoms with van der Waals surface area (Å²) in [6.07, 6.45) is -5.34. The molecule has 3 nitrogen and oxygen atoms in total. The summed E-state index contributed by atoms with van der Waals surface area (Å²) in [4.78, 5) is 12.3. The van der Waals surface area contributed by atoms with E-state index in [9.17, 15) is 18.0 Å². The standard InChI is InChI=1S/C13H13F3N2OS/c1-7(6-13(14,15)16)18-12(19)11-5-8-4-9(17)2-3-10(8)20-11/h2-5,7H,6,17H2,1H3,(H,18,19). The number of hydrogen-bond donors (Lipinski definition) is 2. The minimum atomic E-state index is -4.29. The van der Waals surface area contributed by atoms with Crippen molar-refractivity contribution in [2.24, 2.45) is 0 Å². The van der Waals surface area contributed by atoms with Crippen LogP contribution in [0.1, 0.15) is 23.0 Å². The number of halogens is 3. The summed E-state index contributed by atoms with van der Waals surface area (Å²) in [6, 6.07) is 5.89. The fraction of sp³-hybridized carbons (Fsp3) is 0.308. The second-order valence-corrected chi connectivity index (χ2v) is 5.69. The highest BCUT2D eigenvalue weighted by Crippen LogP contribution is 2.27. The first-order valence-electron chi connectivity index (χ1n) is 5.91. The maximum Gasteiger partial charge on any atom is 0.391 e. The van der Waals surface area contributed by atoms with Crippen molar-refractivity contribution >= 4 is 33.0 Å². The van der Waals surface area contributed by atoms with Crippen molar-refractivity contribution in [1.29, 1.82) is 0 Å². The van der Waals surface area contributed by atoms with E-state index in [-0.39, 0.29) is 0 Å². The maximum atomic E-state index is 12.2. The van der Waals surface area contributed by atoms with Gasteiger partial charge in [-0.2, -0.15) is 13.2 Å². The number of nitrogens with one attached hydrogen (secondary N) is 1. The third-order valence-electron chi connectivity index (χ3n) is 2.68. The molecule has 0 aliphatic heterocycles. The Bertz CT molecular complexity index is 636. The number of amides is 1. The summed E-state index contributed by atoms with van der Waals surface area (Å²) >= 11 is 1.23. The lowest BCUT2D eigenvalue weighted by Crippen LogP contribution is -2.35. The molecular formula is C13H13F3N2OS. The Morgan fingerprint density at radius 1 is 1.40 bits per heavy atom. The topological polar surface area (TPSA) is 55.1 Å². The third-order valence-corrected chi connectivity index (χ3v) is 3.79. The molecule has 2 rings (SSSR count). The zero-order chi connectivity index (χ0) is 14.9. The van der Waals surface area contributed by atoms with Crippen molar-refractivity contribution in [3.63, 3.8) is 0 Å². The van der Waals surface area contributed by atoms with Gasteiger partial charge >= 0.3 is 6.18 Å². The first kappa shape index (κ1) is 14.6. The van der Waals surface area contributed by atoms with Crippen LogP contribution in [0.3, 0.4) is 0 Å². The Labute approximate surface area is 117 Å². The number of fused-ring (bicyclic) bond motifs is 1. The van der Waals surface area contributed by atoms with Gasteiger partial charge in [-0.05, 0) is 36.6 Å². The van der Waals surface area contributed by atoms with Gasteiger partial charge in [-0.25, -0.2) is 0 Å². The van der Waals surface area contributed by atoms with Crippen molar-refractivity contribution in [2.75, 3.05) is 5.73 Å². The van der Waals surface area contributed by atoms with Crippen LogP contribution in [0.4, 0.5) is 18.9 Å². The average molecular weight is 302 g/mol. The Balaban J connectivity index is 2.11. The monoisotopic (exact) mass is 302 g/mol. The molecule has 7 heteroatoms. The van der Waals surface area contributed by atoms with E-state index in [0.717, 1.165) is 10.1 Å². The van der Waals surface area contributed by atoms with Gasteiger partial charge in [0.25, 0.3) is 5.91 Å². The van der Waals surface area contributed by atoms with E-state index in [1.807, 2.05) is 0 Å². The average Bonchev–Trinajstić information content (AvgIpc) is 2.68. The molecule has 0 bridgehead atoms. The lowest BCUT2D eigenvalue weighted by molar-refractivity contribution is -0.138. The van der Waals surface area contributed by atoms with E-state index in [1.165, 1.54) is 18.3 Å². The second kappa shape index (κ2) is 5.32. The number of nitrogens with two attached hydrogens (primary N) is 1. The number of hydrogen-bond acceptors (Lipinski definition) is 3. The Morgan fingerprint density at radius 2 is 2.10 bits per heavy atom. The van der Waals surface area contributed by atoms with E-state index in [4.69, 9.17) is 5.73 Å². The molecule has 1 aromatic carbocycles. The minimum Gasteiger partial charge on any atom is -0.399 e. The van der Waals surface area contributed by atoms with E-state index >= 15 is 0 Å². The number of rotatable bonds is 3. The molecule has 0 saturated heterocycles. The van der Waals surface area contributed by atoms with E-state index in [0.29, 0.717) is 10.6 Å². The number of carbonyl (C=O) groups excluding carboxylic acids is 1. The van der Waals surface area contributed by atoms with Gasteiger partial charge in [-0.1, -0.05) is 0 Å². The zero-order valence-electron chi connectivity index (χ0n) is 10.6. The molecule has 2 aromatic rings. The predicted molar refractivity (Wildman–Crippen MR) is 73.8 cm³/mol. The zero-order valence-corrected chi connectivity index (χ0v) is 11.4. The van der Waals surface area contributed by atoms with Gasteiger partial charge < -0.3 is 11.1 Å². The van der Waals surface area contributed by atoms with E-state index in [2.05, 4.69) is 5.32 Å². The lowest BCUT2D eigenvalue weighted by Gasteiger charge is -2.15. The minimum absolute atomic E-state index is 0.375. The molecule has 0 fully saturated rings. The van der Waals surface area contributed by atoms with E-state index < -0.39 is 24.5 Å². The normalized spacial score (nSPS) is 13.4. The van der Waals surface area contributed by atoms with Gasteiger partial charge in [0.15, 0.2) is 0 Å². The Kier molecular flexibility index (Phi) is 3.89. The predicted octanol–water partition coefficient (Wildman–Crippen LogP) is 3.55. The molecule has 0 spiro atoms. The number of carbonyl (C=O) groups is 1. The lowest BCUT2D eigenvalue weighted by atomic mass is 10.2. The van der Waals surface area contributed by atoms with Crippen molar-refractivity contribution in [3.05, 3.63) is 29.1 Å². The van der Waals surface area contributed by atoms with E-state index in [1.54, 1.807) is 24.3 Å². The smallest absolute Gasteiger partial charge is 0.391 e. The van der Waals surface area contributed by atoms with Crippen molar-refractivity contribution < 1.29 is 18.0 Å². The van der Waals surface area contributed by atoms with Crippen LogP contribution in [0.2, 0.25) is 0 Å². The number of anilines is 1. The Hall–Kier alpha value is -1.76. The summed E-state index contributed by atoms with van der Waals surface area (Å²) in [5.41, 5.74) is 6.22. The summed E-state index contributed by atoms with van der Waals surface area (Å²) in [5.74, 6) is -0.499. The molecular weight excluding hydrogens is 289 g/mol. The van der Waals surface area contributed by atoms with Crippen molar-refractivity contribution in [1.82, 2.24) is 5.32 Å². The quantitative estimate of drug-likeness (QED) is 0.852. The van der Waals surface area contributed by atoms with Gasteiger partial charge in [-0.15, -0.1) is 11.3 Å². The molecule has 1 aromatic heterocycles. The molecule has 20 heavy (non-hydrogen) atoms. The maximum absolute atomic E-state index is 12.2. The van der Waals surface area contributed by atoms with Gasteiger partial charge in [0.2, 0.25) is 0 Å². The van der Waals surface area contributed by atoms with Crippen LogP contribution >= 0.6 is 11.3 Å². The molecule has 0 saturated carbocycles. The molecule has 1 unspecified atom stereocenters. The summed E-state index contributed by atoms with van der Waals surface area (Å²) in [6.45, 7) is 1.33. The number of nitrogen functional groups attached to an aromatic ring is 1. The van der Waals surface area contributed by atoms with Crippen molar-refractivity contribution in [3.8, 4) is 0 Å². The number of thiophene rings is 1. The molecule has 1 atom stereocenters. The SMILES string of the molecule is CC(CC(F)(F)F)NC(=O)c1cc2cc(N)ccc2s1. The van der Waals surface area contributed by atoms with Crippen LogP contribution < -0.4 is 11.1 Å². The molecule has 1 amide bonds. The Morgan fingerprint density at radius 3 is 2.75 bits per heavy atom. The largest absolute Gasteiger partial charge is 0.399 e. The van der Waals surface area contributed by atoms with Crippen LogP contribution in [-0.4, -0.2) is 18.1 Å². The van der Waals surface area contributed by atoms with Crippen LogP contribution in [0, 0.1) is 0 Å². The van der Waals surface area contributed by atoms with Crippen LogP contribution in [0.15, 0.2) is 24.3 Å². The fourth-order valence-electron chi connectivity index (χ4n) is 1.87. The highest BCUT2D eigenvalue weighted by Gasteiger charge is 2.30. The molecule has 108 valence electrons. The highest BCUT2D eigenvalue weighted by molar-refractivity contribution is 7.20. The van der Waals surface area contributed by atoms with Gasteiger partial charge in [0.05, 0.1) is 11.3 Å². The summed E-state index contributed by atoms with van der Waals surface area (Å²) in [7, 11) is 0. The summed E-state index contributed by atoms with van der Waals surface area (Å²) in [5, 5.41) is 3.16. The van der Waals surface area contributed by atoms with Gasteiger partial charge in [0.1, 0.15) is 0 Å². The van der Waals surface area contributed by atoms with Crippen LogP contribution in [-0.2, 0) is 0 Å². The molecule has 0 radical (unpaired) electrons. The molecule has 0 aliphatic rings. The third kappa shape index (κ3) is 3.63. The molecule has 3 N–H and O–H groups in total. The van der Waals surface area contributed by atoms with Crippen LogP contribution in [0.25, 0.3) is 10.1 Å². The first-order valence-corrected chi connectivity index (χ1v) is 6.73. The van der Waals surface area contributed by atoms with Gasteiger partial charge in [-0.3, -0.25) is 4.79 Å². The molecule has 1 heterocycles. The molecule has 0 aliphatic carbocycles. The second-order valence-electron chi connectivity index (χ2n) is 4.60. The summed E-state index contributed by atoms with van der Waals surface area (Å²) < 4.78 is 37.5.